The van der Waals surface area contributed by atoms with E-state index in [9.17, 15) is 0 Å². The van der Waals surface area contributed by atoms with E-state index in [1.807, 2.05) is 26.0 Å². The van der Waals surface area contributed by atoms with Gasteiger partial charge >= 0.3 is 0 Å². The number of hydrogen-bond donors (Lipinski definition) is 1. The van der Waals surface area contributed by atoms with Crippen molar-refractivity contribution in [3.05, 3.63) is 28.8 Å². The topological polar surface area (TPSA) is 41.8 Å². The summed E-state index contributed by atoms with van der Waals surface area (Å²) in [5, 5.41) is 11.4. The third-order valence-corrected chi connectivity index (χ3v) is 3.03. The number of rotatable bonds is 3. The summed E-state index contributed by atoms with van der Waals surface area (Å²) >= 11 is 6.23. The monoisotopic (exact) mass is 241 g/mol. The normalized spacial score (nSPS) is 13.7. The van der Waals surface area contributed by atoms with Crippen LogP contribution in [0.1, 0.15) is 29.0 Å². The molecule has 1 N–H and O–H groups in total. The van der Waals surface area contributed by atoms with Crippen LogP contribution in [0.15, 0.2) is 17.3 Å². The quantitative estimate of drug-likeness (QED) is 0.381. The second kappa shape index (κ2) is 5.21. The molecule has 0 aliphatic rings. The molecule has 88 valence electrons. The highest BCUT2D eigenvalue weighted by atomic mass is 35.5. The number of methoxy groups -OCH3 is 1. The van der Waals surface area contributed by atoms with Crippen molar-refractivity contribution in [3.63, 3.8) is 0 Å². The van der Waals surface area contributed by atoms with Gasteiger partial charge in [-0.1, -0.05) is 11.2 Å². The molecule has 1 rings (SSSR count). The highest BCUT2D eigenvalue weighted by Crippen LogP contribution is 2.34. The number of ether oxygens (including phenoxy) is 1. The number of halogens is 1. The Balaban J connectivity index is 3.31. The average Bonchev–Trinajstić information content (AvgIpc) is 2.26. The van der Waals surface area contributed by atoms with Crippen molar-refractivity contribution in [1.82, 2.24) is 0 Å². The Morgan fingerprint density at radius 2 is 2.06 bits per heavy atom. The highest BCUT2D eigenvalue weighted by Gasteiger charge is 2.19. The molecule has 0 aliphatic carbocycles. The Morgan fingerprint density at radius 1 is 1.44 bits per heavy atom. The zero-order valence-corrected chi connectivity index (χ0v) is 10.7. The molecule has 1 aromatic carbocycles. The van der Waals surface area contributed by atoms with E-state index in [4.69, 9.17) is 21.5 Å². The molecule has 0 amide bonds. The SMILES string of the molecule is COc1cc(C)cc(C)c1C(Cl)/C(C)=N/O. The molecule has 0 spiro atoms. The summed E-state index contributed by atoms with van der Waals surface area (Å²) in [6.45, 7) is 5.64. The van der Waals surface area contributed by atoms with Crippen LogP contribution in [0.2, 0.25) is 0 Å². The standard InChI is InChI=1S/C12H16ClNO2/c1-7-5-8(2)11(10(6-7)16-4)12(13)9(3)14-15/h5-6,12,15H,1-4H3/b14-9+. The zero-order valence-electron chi connectivity index (χ0n) is 9.91. The van der Waals surface area contributed by atoms with E-state index >= 15 is 0 Å². The molecule has 1 atom stereocenters. The van der Waals surface area contributed by atoms with Crippen LogP contribution in [0.5, 0.6) is 5.75 Å². The second-order valence-corrected chi connectivity index (χ2v) is 4.24. The van der Waals surface area contributed by atoms with Crippen molar-refractivity contribution < 1.29 is 9.94 Å². The van der Waals surface area contributed by atoms with Crippen LogP contribution in [0, 0.1) is 13.8 Å². The Hall–Kier alpha value is -1.22. The molecule has 0 bridgehead atoms. The van der Waals surface area contributed by atoms with Gasteiger partial charge < -0.3 is 9.94 Å². The summed E-state index contributed by atoms with van der Waals surface area (Å²) in [5.41, 5.74) is 3.44. The Morgan fingerprint density at radius 3 is 2.56 bits per heavy atom. The number of aryl methyl sites for hydroxylation is 2. The summed E-state index contributed by atoms with van der Waals surface area (Å²) in [6.07, 6.45) is 0. The minimum Gasteiger partial charge on any atom is -0.496 e. The van der Waals surface area contributed by atoms with Gasteiger partial charge in [0, 0.05) is 5.56 Å². The van der Waals surface area contributed by atoms with E-state index in [0.29, 0.717) is 5.71 Å². The van der Waals surface area contributed by atoms with Gasteiger partial charge in [-0.15, -0.1) is 11.6 Å². The maximum Gasteiger partial charge on any atom is 0.124 e. The molecule has 4 heteroatoms. The van der Waals surface area contributed by atoms with E-state index in [1.54, 1.807) is 14.0 Å². The molecule has 0 fully saturated rings. The number of hydrogen-bond acceptors (Lipinski definition) is 3. The largest absolute Gasteiger partial charge is 0.496 e. The molecule has 16 heavy (non-hydrogen) atoms. The number of oxime groups is 1. The zero-order chi connectivity index (χ0) is 12.3. The van der Waals surface area contributed by atoms with Crippen LogP contribution < -0.4 is 4.74 Å². The predicted octanol–water partition coefficient (Wildman–Crippen LogP) is 3.44. The van der Waals surface area contributed by atoms with Gasteiger partial charge in [0.2, 0.25) is 0 Å². The van der Waals surface area contributed by atoms with Gasteiger partial charge in [-0.05, 0) is 38.0 Å². The molecule has 0 saturated carbocycles. The molecular formula is C12H16ClNO2. The Kier molecular flexibility index (Phi) is 4.19. The van der Waals surface area contributed by atoms with Crippen LogP contribution in [-0.4, -0.2) is 18.0 Å². The van der Waals surface area contributed by atoms with Gasteiger partial charge in [0.25, 0.3) is 0 Å². The van der Waals surface area contributed by atoms with E-state index in [0.717, 1.165) is 22.4 Å². The summed E-state index contributed by atoms with van der Waals surface area (Å²) in [5.74, 6) is 0.723. The van der Waals surface area contributed by atoms with Gasteiger partial charge in [0.05, 0.1) is 12.8 Å². The Bertz CT molecular complexity index is 416. The predicted molar refractivity (Wildman–Crippen MR) is 66.0 cm³/mol. The molecule has 0 saturated heterocycles. The van der Waals surface area contributed by atoms with Crippen molar-refractivity contribution in [2.75, 3.05) is 7.11 Å². The number of benzene rings is 1. The summed E-state index contributed by atoms with van der Waals surface area (Å²) in [4.78, 5) is 0. The van der Waals surface area contributed by atoms with Crippen molar-refractivity contribution in [3.8, 4) is 5.75 Å². The summed E-state index contributed by atoms with van der Waals surface area (Å²) in [6, 6.07) is 3.94. The smallest absolute Gasteiger partial charge is 0.124 e. The van der Waals surface area contributed by atoms with E-state index in [-0.39, 0.29) is 0 Å². The van der Waals surface area contributed by atoms with Crippen LogP contribution >= 0.6 is 11.6 Å². The van der Waals surface area contributed by atoms with Gasteiger partial charge in [-0.25, -0.2) is 0 Å². The second-order valence-electron chi connectivity index (χ2n) is 3.80. The minimum atomic E-state index is -0.472. The first kappa shape index (κ1) is 12.8. The van der Waals surface area contributed by atoms with Crippen molar-refractivity contribution >= 4 is 17.3 Å². The highest BCUT2D eigenvalue weighted by molar-refractivity contribution is 6.32. The van der Waals surface area contributed by atoms with Gasteiger partial charge in [0.1, 0.15) is 11.1 Å². The molecule has 0 aliphatic heterocycles. The van der Waals surface area contributed by atoms with Crippen LogP contribution in [0.4, 0.5) is 0 Å². The lowest BCUT2D eigenvalue weighted by molar-refractivity contribution is 0.317. The first-order valence-corrected chi connectivity index (χ1v) is 5.42. The van der Waals surface area contributed by atoms with Gasteiger partial charge in [0.15, 0.2) is 0 Å². The summed E-state index contributed by atoms with van der Waals surface area (Å²) in [7, 11) is 1.60. The summed E-state index contributed by atoms with van der Waals surface area (Å²) < 4.78 is 5.30. The van der Waals surface area contributed by atoms with Crippen LogP contribution in [-0.2, 0) is 0 Å². The van der Waals surface area contributed by atoms with Gasteiger partial charge in [-0.2, -0.15) is 0 Å². The molecule has 0 heterocycles. The molecule has 1 aromatic rings. The van der Waals surface area contributed by atoms with E-state index in [1.165, 1.54) is 0 Å². The maximum atomic E-state index is 8.74. The molecule has 0 aromatic heterocycles. The lowest BCUT2D eigenvalue weighted by atomic mass is 9.99. The minimum absolute atomic E-state index is 0.451. The van der Waals surface area contributed by atoms with Crippen LogP contribution in [0.3, 0.4) is 0 Å². The third-order valence-electron chi connectivity index (χ3n) is 2.49. The fourth-order valence-corrected chi connectivity index (χ4v) is 2.02. The first-order valence-electron chi connectivity index (χ1n) is 4.99. The molecule has 3 nitrogen and oxygen atoms in total. The Labute approximate surface area is 101 Å². The van der Waals surface area contributed by atoms with Crippen molar-refractivity contribution in [2.24, 2.45) is 5.16 Å². The first-order chi connectivity index (χ1) is 7.51. The number of alkyl halides is 1. The third kappa shape index (κ3) is 2.47. The van der Waals surface area contributed by atoms with Crippen molar-refractivity contribution in [1.29, 1.82) is 0 Å². The lowest BCUT2D eigenvalue weighted by Gasteiger charge is -2.16. The van der Waals surface area contributed by atoms with E-state index in [2.05, 4.69) is 5.16 Å². The number of nitrogens with zero attached hydrogens (tertiary/aromatic N) is 1. The molecular weight excluding hydrogens is 226 g/mol. The fourth-order valence-electron chi connectivity index (χ4n) is 1.69. The fraction of sp³-hybridized carbons (Fsp3) is 0.417. The van der Waals surface area contributed by atoms with Crippen LogP contribution in [0.25, 0.3) is 0 Å². The van der Waals surface area contributed by atoms with E-state index < -0.39 is 5.38 Å². The van der Waals surface area contributed by atoms with Gasteiger partial charge in [-0.3, -0.25) is 0 Å². The maximum absolute atomic E-state index is 8.74. The lowest BCUT2D eigenvalue weighted by Crippen LogP contribution is -2.07. The molecule has 0 radical (unpaired) electrons. The average molecular weight is 242 g/mol. The molecule has 1 unspecified atom stereocenters. The van der Waals surface area contributed by atoms with Crippen molar-refractivity contribution in [2.45, 2.75) is 26.1 Å².